The Morgan fingerprint density at radius 2 is 1.68 bits per heavy atom. The monoisotopic (exact) mass is 368 g/mol. The molecule has 0 unspecified atom stereocenters. The average molecular weight is 369 g/mol. The summed E-state index contributed by atoms with van der Waals surface area (Å²) in [7, 11) is -1.56. The van der Waals surface area contributed by atoms with Crippen LogP contribution in [0, 0.1) is 0 Å². The van der Waals surface area contributed by atoms with E-state index in [1.807, 2.05) is 6.08 Å². The Morgan fingerprint density at radius 1 is 1.08 bits per heavy atom. The fourth-order valence-electron chi connectivity index (χ4n) is 3.43. The molecular formula is C19H32O5Si. The molecule has 25 heavy (non-hydrogen) atoms. The molecule has 0 radical (unpaired) electrons. The first-order valence-electron chi connectivity index (χ1n) is 9.10. The van der Waals surface area contributed by atoms with Crippen molar-refractivity contribution in [3.63, 3.8) is 0 Å². The smallest absolute Gasteiger partial charge is 0.303 e. The zero-order valence-electron chi connectivity index (χ0n) is 16.2. The summed E-state index contributed by atoms with van der Waals surface area (Å²) < 4.78 is 16.5. The number of carbonyl (C=O) groups is 2. The highest BCUT2D eigenvalue weighted by atomic mass is 28.3. The molecule has 0 amide bonds. The summed E-state index contributed by atoms with van der Waals surface area (Å²) in [5.41, 5.74) is 0. The summed E-state index contributed by atoms with van der Waals surface area (Å²) >= 11 is 0. The number of carbonyl (C=O) groups excluding carboxylic acids is 2. The Bertz CT molecular complexity index is 502. The van der Waals surface area contributed by atoms with Crippen LogP contribution in [0.15, 0.2) is 23.9 Å². The van der Waals surface area contributed by atoms with Crippen LogP contribution in [-0.4, -0.2) is 44.9 Å². The lowest BCUT2D eigenvalue weighted by atomic mass is 10.1. The standard InChI is InChI=1S/C19H32O5Si/c1-7-25(8-2,9-3)14(4)12-19-18(23-16(6)21)11-10-17(24-19)13-22-15(5)20/h10-11,17-19H,4,7-9,12-13H2,1-3,5-6H3/t17-,18+,19+/m0/s1. The largest absolute Gasteiger partial charge is 0.463 e. The zero-order chi connectivity index (χ0) is 19.0. The second kappa shape index (κ2) is 9.92. The summed E-state index contributed by atoms with van der Waals surface area (Å²) in [4.78, 5) is 22.4. The van der Waals surface area contributed by atoms with Gasteiger partial charge in [-0.25, -0.2) is 0 Å². The highest BCUT2D eigenvalue weighted by Crippen LogP contribution is 2.33. The van der Waals surface area contributed by atoms with Crippen LogP contribution in [-0.2, 0) is 23.8 Å². The van der Waals surface area contributed by atoms with Crippen molar-refractivity contribution < 1.29 is 23.8 Å². The van der Waals surface area contributed by atoms with Crippen molar-refractivity contribution in [3.05, 3.63) is 23.9 Å². The van der Waals surface area contributed by atoms with Gasteiger partial charge in [-0.1, -0.05) is 50.2 Å². The minimum atomic E-state index is -1.56. The van der Waals surface area contributed by atoms with Crippen molar-refractivity contribution in [3.8, 4) is 0 Å². The maximum Gasteiger partial charge on any atom is 0.303 e. The highest BCUT2D eigenvalue weighted by molar-refractivity contribution is 6.86. The summed E-state index contributed by atoms with van der Waals surface area (Å²) in [5, 5.41) is 1.25. The molecule has 0 aromatic heterocycles. The minimum Gasteiger partial charge on any atom is -0.463 e. The first-order valence-corrected chi connectivity index (χ1v) is 11.7. The number of hydrogen-bond acceptors (Lipinski definition) is 5. The van der Waals surface area contributed by atoms with Crippen LogP contribution in [0.25, 0.3) is 0 Å². The van der Waals surface area contributed by atoms with Crippen LogP contribution >= 0.6 is 0 Å². The Kier molecular flexibility index (Phi) is 8.59. The first kappa shape index (κ1) is 21.6. The van der Waals surface area contributed by atoms with E-state index in [-0.39, 0.29) is 30.8 Å². The molecule has 0 fully saturated rings. The van der Waals surface area contributed by atoms with E-state index in [4.69, 9.17) is 14.2 Å². The van der Waals surface area contributed by atoms with Crippen LogP contribution in [0.5, 0.6) is 0 Å². The van der Waals surface area contributed by atoms with E-state index in [1.54, 1.807) is 6.08 Å². The highest BCUT2D eigenvalue weighted by Gasteiger charge is 2.36. The Morgan fingerprint density at radius 3 is 2.16 bits per heavy atom. The average Bonchev–Trinajstić information content (AvgIpc) is 2.56. The van der Waals surface area contributed by atoms with Crippen molar-refractivity contribution in [1.82, 2.24) is 0 Å². The molecule has 1 heterocycles. The zero-order valence-corrected chi connectivity index (χ0v) is 17.2. The van der Waals surface area contributed by atoms with Crippen molar-refractivity contribution in [1.29, 1.82) is 0 Å². The van der Waals surface area contributed by atoms with Gasteiger partial charge in [0.25, 0.3) is 0 Å². The normalized spacial score (nSPS) is 23.2. The Balaban J connectivity index is 2.89. The third-order valence-corrected chi connectivity index (χ3v) is 11.0. The van der Waals surface area contributed by atoms with Gasteiger partial charge in [0.05, 0.1) is 8.07 Å². The topological polar surface area (TPSA) is 61.8 Å². The van der Waals surface area contributed by atoms with Gasteiger partial charge in [-0.05, 0) is 12.5 Å². The van der Waals surface area contributed by atoms with E-state index in [0.29, 0.717) is 6.42 Å². The van der Waals surface area contributed by atoms with Gasteiger partial charge >= 0.3 is 11.9 Å². The van der Waals surface area contributed by atoms with Crippen molar-refractivity contribution >= 4 is 20.0 Å². The first-order chi connectivity index (χ1) is 11.8. The third-order valence-electron chi connectivity index (χ3n) is 5.21. The fourth-order valence-corrected chi connectivity index (χ4v) is 7.06. The summed E-state index contributed by atoms with van der Waals surface area (Å²) in [6, 6.07) is 3.45. The van der Waals surface area contributed by atoms with E-state index >= 15 is 0 Å². The minimum absolute atomic E-state index is 0.166. The molecule has 0 spiro atoms. The maximum absolute atomic E-state index is 11.4. The second-order valence-corrected chi connectivity index (χ2v) is 12.0. The number of esters is 2. The molecule has 5 nitrogen and oxygen atoms in total. The number of rotatable bonds is 9. The SMILES string of the molecule is C=C(C[C@H]1O[C@H](COC(C)=O)C=C[C@H]1OC(C)=O)[Si](CC)(CC)CC. The summed E-state index contributed by atoms with van der Waals surface area (Å²) in [6.45, 7) is 14.0. The van der Waals surface area contributed by atoms with E-state index in [0.717, 1.165) is 18.1 Å². The lowest BCUT2D eigenvalue weighted by Gasteiger charge is -2.36. The van der Waals surface area contributed by atoms with Crippen molar-refractivity contribution in [2.24, 2.45) is 0 Å². The van der Waals surface area contributed by atoms with Crippen molar-refractivity contribution in [2.45, 2.75) is 77.5 Å². The molecule has 0 saturated carbocycles. The van der Waals surface area contributed by atoms with Gasteiger partial charge in [-0.15, -0.1) is 6.58 Å². The van der Waals surface area contributed by atoms with E-state index in [1.165, 1.54) is 19.0 Å². The molecular weight excluding hydrogens is 336 g/mol. The van der Waals surface area contributed by atoms with Crippen LogP contribution in [0.2, 0.25) is 18.1 Å². The molecule has 1 aliphatic rings. The number of ether oxygens (including phenoxy) is 3. The van der Waals surface area contributed by atoms with Gasteiger partial charge in [0, 0.05) is 13.8 Å². The predicted molar refractivity (Wildman–Crippen MR) is 101 cm³/mol. The van der Waals surface area contributed by atoms with Gasteiger partial charge in [0.2, 0.25) is 0 Å². The van der Waals surface area contributed by atoms with Crippen LogP contribution in [0.1, 0.15) is 41.0 Å². The molecule has 0 N–H and O–H groups in total. The number of hydrogen-bond donors (Lipinski definition) is 0. The Hall–Kier alpha value is -1.40. The Labute approximate surface area is 152 Å². The van der Waals surface area contributed by atoms with E-state index in [9.17, 15) is 9.59 Å². The van der Waals surface area contributed by atoms with Crippen molar-refractivity contribution in [2.75, 3.05) is 6.61 Å². The lowest BCUT2D eigenvalue weighted by molar-refractivity contribution is -0.158. The summed E-state index contributed by atoms with van der Waals surface area (Å²) in [6.07, 6.45) is 3.25. The van der Waals surface area contributed by atoms with Crippen LogP contribution in [0.4, 0.5) is 0 Å². The van der Waals surface area contributed by atoms with Gasteiger partial charge in [0.1, 0.15) is 24.9 Å². The van der Waals surface area contributed by atoms with Gasteiger partial charge in [-0.2, -0.15) is 0 Å². The molecule has 0 bridgehead atoms. The predicted octanol–water partition coefficient (Wildman–Crippen LogP) is 3.80. The van der Waals surface area contributed by atoms with E-state index < -0.39 is 14.2 Å². The van der Waals surface area contributed by atoms with E-state index in [2.05, 4.69) is 27.4 Å². The molecule has 0 aromatic rings. The molecule has 0 aromatic carbocycles. The van der Waals surface area contributed by atoms with Crippen LogP contribution < -0.4 is 0 Å². The molecule has 0 aliphatic carbocycles. The lowest BCUT2D eigenvalue weighted by Crippen LogP contribution is -2.43. The molecule has 1 rings (SSSR count). The molecule has 3 atom stereocenters. The quantitative estimate of drug-likeness (QED) is 0.352. The summed E-state index contributed by atoms with van der Waals surface area (Å²) in [5.74, 6) is -0.674. The third kappa shape index (κ3) is 6.11. The maximum atomic E-state index is 11.4. The van der Waals surface area contributed by atoms with Gasteiger partial charge in [-0.3, -0.25) is 9.59 Å². The second-order valence-electron chi connectivity index (χ2n) is 6.62. The molecule has 142 valence electrons. The van der Waals surface area contributed by atoms with Gasteiger partial charge in [0.15, 0.2) is 0 Å². The molecule has 1 aliphatic heterocycles. The fraction of sp³-hybridized carbons (Fsp3) is 0.684. The molecule has 0 saturated heterocycles. The van der Waals surface area contributed by atoms with Crippen LogP contribution in [0.3, 0.4) is 0 Å². The molecule has 6 heteroatoms. The van der Waals surface area contributed by atoms with Gasteiger partial charge < -0.3 is 14.2 Å².